The van der Waals surface area contributed by atoms with Crippen LogP contribution in [-0.2, 0) is 24.7 Å². The third kappa shape index (κ3) is 5.02. The molecular weight excluding hydrogens is 466 g/mol. The van der Waals surface area contributed by atoms with Crippen LogP contribution in [0.25, 0.3) is 11.0 Å². The van der Waals surface area contributed by atoms with Crippen molar-refractivity contribution < 1.29 is 4.79 Å². The maximum atomic E-state index is 13.3. The van der Waals surface area contributed by atoms with Crippen molar-refractivity contribution in [2.24, 2.45) is 12.8 Å². The Balaban J connectivity index is 0.00000289. The summed E-state index contributed by atoms with van der Waals surface area (Å²) in [4.78, 5) is 20.1. The van der Waals surface area contributed by atoms with Crippen molar-refractivity contribution in [1.29, 1.82) is 5.41 Å². The van der Waals surface area contributed by atoms with Gasteiger partial charge in [-0.2, -0.15) is 5.21 Å². The van der Waals surface area contributed by atoms with Crippen molar-refractivity contribution in [1.82, 2.24) is 30.2 Å². The van der Waals surface area contributed by atoms with Gasteiger partial charge in [-0.05, 0) is 36.6 Å². The number of rotatable bonds is 7. The summed E-state index contributed by atoms with van der Waals surface area (Å²) in [6.45, 7) is 0. The van der Waals surface area contributed by atoms with E-state index >= 15 is 0 Å². The largest absolute Gasteiger partial charge is 0.384 e. The van der Waals surface area contributed by atoms with Crippen molar-refractivity contribution in [2.75, 3.05) is 4.90 Å². The lowest BCUT2D eigenvalue weighted by atomic mass is 10.1. The zero-order valence-electron chi connectivity index (χ0n) is 19.4. The molecule has 11 heteroatoms. The van der Waals surface area contributed by atoms with E-state index in [4.69, 9.17) is 16.1 Å². The molecule has 0 unspecified atom stereocenters. The Morgan fingerprint density at radius 3 is 2.60 bits per heavy atom. The lowest BCUT2D eigenvalue weighted by Crippen LogP contribution is -2.40. The number of amidine groups is 1. The van der Waals surface area contributed by atoms with E-state index in [0.29, 0.717) is 17.8 Å². The van der Waals surface area contributed by atoms with E-state index in [0.717, 1.165) is 53.8 Å². The second-order valence-electron chi connectivity index (χ2n) is 8.75. The minimum absolute atomic E-state index is 0. The molecule has 4 N–H and O–H groups in total. The van der Waals surface area contributed by atoms with Gasteiger partial charge in [0.15, 0.2) is 5.82 Å². The average molecular weight is 494 g/mol. The molecule has 0 spiro atoms. The number of fused-ring (bicyclic) bond motifs is 1. The second-order valence-corrected chi connectivity index (χ2v) is 8.75. The van der Waals surface area contributed by atoms with E-state index in [1.54, 1.807) is 0 Å². The number of aromatic amines is 1. The van der Waals surface area contributed by atoms with Crippen LogP contribution in [0.1, 0.15) is 48.5 Å². The van der Waals surface area contributed by atoms with Gasteiger partial charge in [-0.15, -0.1) is 22.6 Å². The van der Waals surface area contributed by atoms with Gasteiger partial charge in [0.25, 0.3) is 0 Å². The molecule has 2 heterocycles. The standard InChI is InChI=1S/C24H27N9O.ClH/c1-32-20-11-10-18(33(17-4-2-3-5-17)23(34)14-21-28-30-31-29-21)13-19(20)27-22(32)12-15-6-8-16(9-7-15)24(25)26;/h6-11,13,17H,2-5,12,14H2,1H3,(H3,25,26)(H,28,29,30,31);1H. The summed E-state index contributed by atoms with van der Waals surface area (Å²) < 4.78 is 2.08. The number of carbonyl (C=O) groups is 1. The smallest absolute Gasteiger partial charge is 0.235 e. The van der Waals surface area contributed by atoms with Crippen LogP contribution in [0.3, 0.4) is 0 Å². The predicted octanol–water partition coefficient (Wildman–Crippen LogP) is 2.90. The maximum absolute atomic E-state index is 13.3. The number of hydrogen-bond acceptors (Lipinski definition) is 6. The van der Waals surface area contributed by atoms with Crippen molar-refractivity contribution >= 4 is 40.9 Å². The van der Waals surface area contributed by atoms with Gasteiger partial charge in [-0.1, -0.05) is 42.3 Å². The first kappa shape index (κ1) is 24.3. The monoisotopic (exact) mass is 493 g/mol. The Hall–Kier alpha value is -3.79. The molecule has 0 aliphatic heterocycles. The number of nitrogens with zero attached hydrogens (tertiary/aromatic N) is 6. The van der Waals surface area contributed by atoms with Crippen LogP contribution in [0, 0.1) is 5.41 Å². The molecule has 35 heavy (non-hydrogen) atoms. The van der Waals surface area contributed by atoms with Crippen LogP contribution in [0.2, 0.25) is 0 Å². The fourth-order valence-corrected chi connectivity index (χ4v) is 4.73. The fourth-order valence-electron chi connectivity index (χ4n) is 4.73. The number of carbonyl (C=O) groups excluding carboxylic acids is 1. The quantitative estimate of drug-likeness (QED) is 0.267. The maximum Gasteiger partial charge on any atom is 0.235 e. The van der Waals surface area contributed by atoms with Crippen LogP contribution in [0.15, 0.2) is 42.5 Å². The number of H-pyrrole nitrogens is 1. The van der Waals surface area contributed by atoms with Gasteiger partial charge in [0.05, 0.1) is 17.5 Å². The van der Waals surface area contributed by atoms with E-state index in [2.05, 4.69) is 25.2 Å². The SMILES string of the molecule is Cl.Cn1c(Cc2ccc(C(=N)N)cc2)nc2cc(N(C(=O)Cc3nn[nH]n3)C3CCCC3)ccc21. The highest BCUT2D eigenvalue weighted by atomic mass is 35.5. The third-order valence-corrected chi connectivity index (χ3v) is 6.52. The molecule has 182 valence electrons. The third-order valence-electron chi connectivity index (χ3n) is 6.52. The topological polar surface area (TPSA) is 142 Å². The Kier molecular flexibility index (Phi) is 7.11. The van der Waals surface area contributed by atoms with Crippen molar-refractivity contribution in [2.45, 2.75) is 44.6 Å². The molecule has 1 aliphatic carbocycles. The number of nitrogens with two attached hydrogens (primary N) is 1. The van der Waals surface area contributed by atoms with Crippen molar-refractivity contribution in [3.05, 3.63) is 65.2 Å². The summed E-state index contributed by atoms with van der Waals surface area (Å²) in [5.74, 6) is 1.34. The molecule has 0 atom stereocenters. The van der Waals surface area contributed by atoms with E-state index < -0.39 is 0 Å². The number of anilines is 1. The minimum atomic E-state index is -0.0330. The number of nitrogens with one attached hydrogen (secondary N) is 2. The number of hydrogen-bond donors (Lipinski definition) is 3. The van der Waals surface area contributed by atoms with Gasteiger partial charge < -0.3 is 15.2 Å². The summed E-state index contributed by atoms with van der Waals surface area (Å²) in [6.07, 6.45) is 4.97. The highest BCUT2D eigenvalue weighted by molar-refractivity contribution is 5.97. The molecule has 0 saturated heterocycles. The first-order chi connectivity index (χ1) is 16.5. The van der Waals surface area contributed by atoms with E-state index in [-0.39, 0.29) is 36.6 Å². The Morgan fingerprint density at radius 1 is 1.20 bits per heavy atom. The zero-order chi connectivity index (χ0) is 23.7. The minimum Gasteiger partial charge on any atom is -0.384 e. The summed E-state index contributed by atoms with van der Waals surface area (Å²) in [7, 11) is 2.00. The molecule has 1 aliphatic rings. The average Bonchev–Trinajstić information content (AvgIpc) is 3.58. The molecule has 1 amide bonds. The van der Waals surface area contributed by atoms with Crippen LogP contribution < -0.4 is 10.6 Å². The molecular formula is C24H28ClN9O. The molecule has 1 saturated carbocycles. The van der Waals surface area contributed by atoms with E-state index in [9.17, 15) is 4.79 Å². The molecule has 2 aromatic heterocycles. The summed E-state index contributed by atoms with van der Waals surface area (Å²) in [6, 6.07) is 13.9. The highest BCUT2D eigenvalue weighted by Gasteiger charge is 2.29. The zero-order valence-corrected chi connectivity index (χ0v) is 20.3. The number of aromatic nitrogens is 6. The fraction of sp³-hybridized carbons (Fsp3) is 0.333. The Bertz CT molecular complexity index is 1330. The molecule has 0 radical (unpaired) electrons. The number of nitrogen functional groups attached to an aromatic ring is 1. The summed E-state index contributed by atoms with van der Waals surface area (Å²) in [5, 5.41) is 21.4. The predicted molar refractivity (Wildman–Crippen MR) is 136 cm³/mol. The van der Waals surface area contributed by atoms with E-state index in [1.165, 1.54) is 0 Å². The normalized spacial score (nSPS) is 13.6. The Morgan fingerprint density at radius 2 is 1.94 bits per heavy atom. The lowest BCUT2D eigenvalue weighted by molar-refractivity contribution is -0.118. The molecule has 1 fully saturated rings. The number of imidazole rings is 1. The molecule has 2 aromatic carbocycles. The summed E-state index contributed by atoms with van der Waals surface area (Å²) >= 11 is 0. The first-order valence-corrected chi connectivity index (χ1v) is 11.4. The molecule has 10 nitrogen and oxygen atoms in total. The number of tetrazole rings is 1. The van der Waals surface area contributed by atoms with Gasteiger partial charge in [0.2, 0.25) is 5.91 Å². The van der Waals surface area contributed by atoms with Gasteiger partial charge in [0.1, 0.15) is 11.7 Å². The van der Waals surface area contributed by atoms with Gasteiger partial charge in [-0.25, -0.2) is 4.98 Å². The Labute approximate surface area is 208 Å². The van der Waals surface area contributed by atoms with Crippen LogP contribution >= 0.6 is 12.4 Å². The lowest BCUT2D eigenvalue weighted by Gasteiger charge is -2.29. The molecule has 0 bridgehead atoms. The van der Waals surface area contributed by atoms with Gasteiger partial charge in [-0.3, -0.25) is 10.2 Å². The van der Waals surface area contributed by atoms with Gasteiger partial charge >= 0.3 is 0 Å². The first-order valence-electron chi connectivity index (χ1n) is 11.4. The van der Waals surface area contributed by atoms with Crippen LogP contribution in [-0.4, -0.2) is 48.0 Å². The number of benzene rings is 2. The summed E-state index contributed by atoms with van der Waals surface area (Å²) in [5.41, 5.74) is 10.1. The number of amides is 1. The van der Waals surface area contributed by atoms with Crippen molar-refractivity contribution in [3.63, 3.8) is 0 Å². The van der Waals surface area contributed by atoms with E-state index in [1.807, 2.05) is 54.4 Å². The molecule has 5 rings (SSSR count). The second kappa shape index (κ2) is 10.2. The van der Waals surface area contributed by atoms with Gasteiger partial charge in [0, 0.05) is 30.8 Å². The number of halogens is 1. The molecule has 4 aromatic rings. The van der Waals surface area contributed by atoms with Crippen LogP contribution in [0.4, 0.5) is 5.69 Å². The number of aryl methyl sites for hydroxylation is 1. The highest BCUT2D eigenvalue weighted by Crippen LogP contribution is 2.31. The van der Waals surface area contributed by atoms with Crippen LogP contribution in [0.5, 0.6) is 0 Å². The van der Waals surface area contributed by atoms with Crippen molar-refractivity contribution in [3.8, 4) is 0 Å².